The molecule has 0 aliphatic carbocycles. The smallest absolute Gasteiger partial charge is 0.408 e. The zero-order valence-electron chi connectivity index (χ0n) is 12.0. The standard InChI is InChI=1S/C15H21NO2/c1-14(2,3)9-7-10(15(4,5)6)12-11(8-9)16-13(17)18-12/h7-8H,1-6H3,(H,16,17). The fraction of sp³-hybridized carbons (Fsp3) is 0.533. The van der Waals surface area contributed by atoms with Gasteiger partial charge in [-0.1, -0.05) is 47.6 Å². The van der Waals surface area contributed by atoms with Gasteiger partial charge in [-0.25, -0.2) is 4.79 Å². The van der Waals surface area contributed by atoms with E-state index >= 15 is 0 Å². The Labute approximate surface area is 107 Å². The average molecular weight is 247 g/mol. The van der Waals surface area contributed by atoms with E-state index in [2.05, 4.69) is 52.6 Å². The zero-order valence-corrected chi connectivity index (χ0v) is 12.0. The number of aromatic amines is 1. The summed E-state index contributed by atoms with van der Waals surface area (Å²) >= 11 is 0. The second-order valence-electron chi connectivity index (χ2n) is 6.92. The van der Waals surface area contributed by atoms with E-state index in [4.69, 9.17) is 4.42 Å². The first kappa shape index (κ1) is 12.9. The van der Waals surface area contributed by atoms with Crippen LogP contribution in [0.5, 0.6) is 0 Å². The van der Waals surface area contributed by atoms with Crippen LogP contribution in [0.2, 0.25) is 0 Å². The van der Waals surface area contributed by atoms with E-state index in [9.17, 15) is 4.79 Å². The molecule has 0 fully saturated rings. The minimum Gasteiger partial charge on any atom is -0.408 e. The first-order valence-corrected chi connectivity index (χ1v) is 6.27. The monoisotopic (exact) mass is 247 g/mol. The van der Waals surface area contributed by atoms with Crippen molar-refractivity contribution in [1.82, 2.24) is 4.98 Å². The van der Waals surface area contributed by atoms with Crippen LogP contribution in [0.4, 0.5) is 0 Å². The van der Waals surface area contributed by atoms with E-state index in [1.165, 1.54) is 5.56 Å². The molecule has 1 heterocycles. The molecule has 0 aliphatic heterocycles. The van der Waals surface area contributed by atoms with Gasteiger partial charge in [-0.3, -0.25) is 4.98 Å². The lowest BCUT2D eigenvalue weighted by Crippen LogP contribution is -2.16. The van der Waals surface area contributed by atoms with Gasteiger partial charge in [0.05, 0.1) is 5.52 Å². The Kier molecular flexibility index (Phi) is 2.69. The minimum absolute atomic E-state index is 0.0440. The van der Waals surface area contributed by atoms with Crippen molar-refractivity contribution in [3.05, 3.63) is 33.8 Å². The van der Waals surface area contributed by atoms with Crippen LogP contribution in [0.25, 0.3) is 11.1 Å². The van der Waals surface area contributed by atoms with Crippen LogP contribution < -0.4 is 5.76 Å². The van der Waals surface area contributed by atoms with Crippen LogP contribution in [0, 0.1) is 0 Å². The zero-order chi connectivity index (χ0) is 13.7. The highest BCUT2D eigenvalue weighted by Crippen LogP contribution is 2.34. The van der Waals surface area contributed by atoms with E-state index < -0.39 is 0 Å². The molecule has 0 unspecified atom stereocenters. The summed E-state index contributed by atoms with van der Waals surface area (Å²) in [5, 5.41) is 0. The van der Waals surface area contributed by atoms with Gasteiger partial charge < -0.3 is 4.42 Å². The van der Waals surface area contributed by atoms with Crippen molar-refractivity contribution in [3.63, 3.8) is 0 Å². The lowest BCUT2D eigenvalue weighted by Gasteiger charge is -2.24. The molecule has 0 atom stereocenters. The molecule has 0 spiro atoms. The summed E-state index contributed by atoms with van der Waals surface area (Å²) in [6.45, 7) is 12.9. The van der Waals surface area contributed by atoms with Gasteiger partial charge in [-0.2, -0.15) is 0 Å². The summed E-state index contributed by atoms with van der Waals surface area (Å²) < 4.78 is 5.28. The maximum atomic E-state index is 11.4. The molecule has 98 valence electrons. The van der Waals surface area contributed by atoms with Gasteiger partial charge >= 0.3 is 5.76 Å². The molecule has 0 amide bonds. The second kappa shape index (κ2) is 3.74. The lowest BCUT2D eigenvalue weighted by atomic mass is 9.80. The van der Waals surface area contributed by atoms with Crippen LogP contribution in [0.15, 0.2) is 21.3 Å². The highest BCUT2D eigenvalue weighted by molar-refractivity contribution is 5.78. The van der Waals surface area contributed by atoms with Crippen molar-refractivity contribution in [2.45, 2.75) is 52.4 Å². The molecule has 0 saturated heterocycles. The fourth-order valence-electron chi connectivity index (χ4n) is 2.05. The van der Waals surface area contributed by atoms with Gasteiger partial charge in [0, 0.05) is 5.56 Å². The number of aromatic nitrogens is 1. The largest absolute Gasteiger partial charge is 0.417 e. The molecule has 3 heteroatoms. The summed E-state index contributed by atoms with van der Waals surface area (Å²) in [4.78, 5) is 14.2. The Hall–Kier alpha value is -1.51. The quantitative estimate of drug-likeness (QED) is 0.771. The summed E-state index contributed by atoms with van der Waals surface area (Å²) in [5.41, 5.74) is 3.73. The second-order valence-corrected chi connectivity index (χ2v) is 6.92. The average Bonchev–Trinajstić information content (AvgIpc) is 2.52. The molecule has 0 aliphatic rings. The molecule has 0 radical (unpaired) electrons. The van der Waals surface area contributed by atoms with Crippen LogP contribution in [0.3, 0.4) is 0 Å². The van der Waals surface area contributed by atoms with Crippen molar-refractivity contribution >= 4 is 11.1 Å². The van der Waals surface area contributed by atoms with Crippen molar-refractivity contribution in [3.8, 4) is 0 Å². The third-order valence-corrected chi connectivity index (χ3v) is 3.19. The molecule has 0 bridgehead atoms. The SMILES string of the molecule is CC(C)(C)c1cc(C(C)(C)C)c2oc(=O)[nH]c2c1. The third-order valence-electron chi connectivity index (χ3n) is 3.19. The molecule has 2 rings (SSSR count). The molecule has 3 nitrogen and oxygen atoms in total. The lowest BCUT2D eigenvalue weighted by molar-refractivity contribution is 0.526. The van der Waals surface area contributed by atoms with Crippen LogP contribution >= 0.6 is 0 Å². The van der Waals surface area contributed by atoms with Gasteiger partial charge in [0.25, 0.3) is 0 Å². The van der Waals surface area contributed by atoms with Crippen LogP contribution in [-0.2, 0) is 10.8 Å². The van der Waals surface area contributed by atoms with Crippen molar-refractivity contribution in [1.29, 1.82) is 0 Å². The highest BCUT2D eigenvalue weighted by atomic mass is 16.4. The van der Waals surface area contributed by atoms with E-state index in [1.807, 2.05) is 6.07 Å². The molecule has 1 N–H and O–H groups in total. The van der Waals surface area contributed by atoms with E-state index in [1.54, 1.807) is 0 Å². The third kappa shape index (κ3) is 2.22. The first-order chi connectivity index (χ1) is 8.09. The molecule has 1 aromatic heterocycles. The van der Waals surface area contributed by atoms with Gasteiger partial charge in [0.2, 0.25) is 0 Å². The maximum absolute atomic E-state index is 11.4. The van der Waals surface area contributed by atoms with E-state index in [0.29, 0.717) is 5.58 Å². The molecule has 2 aromatic rings. The summed E-state index contributed by atoms with van der Waals surface area (Å²) in [6.07, 6.45) is 0. The minimum atomic E-state index is -0.387. The number of H-pyrrole nitrogens is 1. The topological polar surface area (TPSA) is 46.0 Å². The number of fused-ring (bicyclic) bond motifs is 1. The summed E-state index contributed by atoms with van der Waals surface area (Å²) in [5.74, 6) is -0.387. The molecular formula is C15H21NO2. The van der Waals surface area contributed by atoms with Crippen LogP contribution in [-0.4, -0.2) is 4.98 Å². The number of hydrogen-bond acceptors (Lipinski definition) is 2. The molecular weight excluding hydrogens is 226 g/mol. The van der Waals surface area contributed by atoms with Crippen molar-refractivity contribution < 1.29 is 4.42 Å². The van der Waals surface area contributed by atoms with E-state index in [0.717, 1.165) is 11.1 Å². The van der Waals surface area contributed by atoms with Gasteiger partial charge in [-0.05, 0) is 22.5 Å². The van der Waals surface area contributed by atoms with Crippen molar-refractivity contribution in [2.24, 2.45) is 0 Å². The van der Waals surface area contributed by atoms with E-state index in [-0.39, 0.29) is 16.6 Å². The van der Waals surface area contributed by atoms with Gasteiger partial charge in [0.15, 0.2) is 5.58 Å². The highest BCUT2D eigenvalue weighted by Gasteiger charge is 2.24. The Morgan fingerprint density at radius 3 is 2.11 bits per heavy atom. The first-order valence-electron chi connectivity index (χ1n) is 6.27. The number of nitrogens with one attached hydrogen (secondary N) is 1. The molecule has 18 heavy (non-hydrogen) atoms. The number of rotatable bonds is 0. The number of oxazole rings is 1. The maximum Gasteiger partial charge on any atom is 0.417 e. The van der Waals surface area contributed by atoms with Crippen LogP contribution in [0.1, 0.15) is 52.7 Å². The number of hydrogen-bond donors (Lipinski definition) is 1. The van der Waals surface area contributed by atoms with Gasteiger partial charge in [0.1, 0.15) is 0 Å². The Morgan fingerprint density at radius 1 is 1.00 bits per heavy atom. The summed E-state index contributed by atoms with van der Waals surface area (Å²) in [6, 6.07) is 4.16. The Balaban J connectivity index is 2.85. The predicted molar refractivity (Wildman–Crippen MR) is 74.2 cm³/mol. The van der Waals surface area contributed by atoms with Gasteiger partial charge in [-0.15, -0.1) is 0 Å². The Morgan fingerprint density at radius 2 is 1.61 bits per heavy atom. The number of benzene rings is 1. The molecule has 0 saturated carbocycles. The summed E-state index contributed by atoms with van der Waals surface area (Å²) in [7, 11) is 0. The van der Waals surface area contributed by atoms with Crippen molar-refractivity contribution in [2.75, 3.05) is 0 Å². The fourth-order valence-corrected chi connectivity index (χ4v) is 2.05. The Bertz CT molecular complexity index is 633. The predicted octanol–water partition coefficient (Wildman–Crippen LogP) is 3.72. The molecule has 1 aromatic carbocycles. The normalized spacial score (nSPS) is 13.2.